The Kier molecular flexibility index (Phi) is 3.99. The quantitative estimate of drug-likeness (QED) is 0.915. The number of benzene rings is 1. The summed E-state index contributed by atoms with van der Waals surface area (Å²) in [6, 6.07) is 8.04. The molecule has 1 saturated carbocycles. The van der Waals surface area contributed by atoms with Gasteiger partial charge in [-0.1, -0.05) is 25.0 Å². The molecule has 0 amide bonds. The molecule has 3 heteroatoms. The van der Waals surface area contributed by atoms with Crippen LogP contribution >= 0.6 is 0 Å². The molecule has 0 aromatic heterocycles. The van der Waals surface area contributed by atoms with Crippen LogP contribution in [0.15, 0.2) is 18.2 Å². The van der Waals surface area contributed by atoms with Crippen LogP contribution in [-0.4, -0.2) is 38.1 Å². The zero-order valence-electron chi connectivity index (χ0n) is 12.8. The molecule has 3 nitrogen and oxygen atoms in total. The van der Waals surface area contributed by atoms with Gasteiger partial charge >= 0.3 is 0 Å². The predicted octanol–water partition coefficient (Wildman–Crippen LogP) is 2.55. The molecular formula is C17H27N3. The van der Waals surface area contributed by atoms with Crippen LogP contribution in [0.1, 0.15) is 42.9 Å². The highest BCUT2D eigenvalue weighted by atomic mass is 15.2. The second kappa shape index (κ2) is 5.74. The van der Waals surface area contributed by atoms with Crippen molar-refractivity contribution in [1.82, 2.24) is 4.90 Å². The summed E-state index contributed by atoms with van der Waals surface area (Å²) in [6.07, 6.45) is 6.59. The van der Waals surface area contributed by atoms with Crippen molar-refractivity contribution >= 4 is 5.69 Å². The van der Waals surface area contributed by atoms with Crippen molar-refractivity contribution in [2.24, 2.45) is 5.73 Å². The minimum absolute atomic E-state index is 0.370. The largest absolute Gasteiger partial charge is 0.374 e. The molecule has 0 spiro atoms. The van der Waals surface area contributed by atoms with Crippen LogP contribution in [0.2, 0.25) is 0 Å². The van der Waals surface area contributed by atoms with E-state index in [-0.39, 0.29) is 0 Å². The number of hydrogen-bond acceptors (Lipinski definition) is 3. The maximum atomic E-state index is 6.09. The number of nitrogens with zero attached hydrogens (tertiary/aromatic N) is 2. The van der Waals surface area contributed by atoms with Crippen LogP contribution in [0.5, 0.6) is 0 Å². The van der Waals surface area contributed by atoms with Crippen molar-refractivity contribution in [1.29, 1.82) is 0 Å². The van der Waals surface area contributed by atoms with Gasteiger partial charge in [0.1, 0.15) is 0 Å². The predicted molar refractivity (Wildman–Crippen MR) is 85.2 cm³/mol. The third-order valence-electron chi connectivity index (χ3n) is 5.23. The van der Waals surface area contributed by atoms with Crippen LogP contribution in [-0.2, 0) is 6.42 Å². The first-order valence-electron chi connectivity index (χ1n) is 7.96. The molecule has 1 aliphatic heterocycles. The van der Waals surface area contributed by atoms with E-state index in [1.807, 2.05) is 0 Å². The summed E-state index contributed by atoms with van der Waals surface area (Å²) in [6.45, 7) is 1.85. The zero-order chi connectivity index (χ0) is 14.1. The van der Waals surface area contributed by atoms with Gasteiger partial charge in [0, 0.05) is 37.9 Å². The van der Waals surface area contributed by atoms with Crippen LogP contribution in [0.3, 0.4) is 0 Å². The third-order valence-corrected chi connectivity index (χ3v) is 5.23. The molecule has 1 heterocycles. The number of nitrogens with two attached hydrogens (primary N) is 1. The first-order chi connectivity index (χ1) is 9.70. The van der Waals surface area contributed by atoms with E-state index < -0.39 is 0 Å². The van der Waals surface area contributed by atoms with E-state index in [1.165, 1.54) is 48.9 Å². The van der Waals surface area contributed by atoms with Crippen molar-refractivity contribution in [2.45, 2.75) is 44.2 Å². The number of likely N-dealkylation sites (N-methyl/N-ethyl adjacent to an activating group) is 2. The van der Waals surface area contributed by atoms with Gasteiger partial charge in [-0.05, 0) is 43.5 Å². The Hall–Kier alpha value is -1.06. The number of hydrogen-bond donors (Lipinski definition) is 1. The highest BCUT2D eigenvalue weighted by molar-refractivity contribution is 5.58. The molecule has 2 N–H and O–H groups in total. The Bertz CT molecular complexity index is 465. The molecule has 0 saturated heterocycles. The maximum Gasteiger partial charge on any atom is 0.0470 e. The van der Waals surface area contributed by atoms with E-state index in [0.29, 0.717) is 12.6 Å². The molecule has 110 valence electrons. The minimum Gasteiger partial charge on any atom is -0.374 e. The highest BCUT2D eigenvalue weighted by Crippen LogP contribution is 2.33. The van der Waals surface area contributed by atoms with Gasteiger partial charge in [0.15, 0.2) is 0 Å². The average Bonchev–Trinajstić information content (AvgIpc) is 3.10. The van der Waals surface area contributed by atoms with E-state index in [4.69, 9.17) is 5.73 Å². The van der Waals surface area contributed by atoms with Gasteiger partial charge in [-0.3, -0.25) is 4.90 Å². The molecule has 1 aliphatic carbocycles. The number of fused-ring (bicyclic) bond motifs is 1. The summed E-state index contributed by atoms with van der Waals surface area (Å²) in [5.74, 6) is 0. The monoisotopic (exact) mass is 273 g/mol. The first-order valence-corrected chi connectivity index (χ1v) is 7.96. The average molecular weight is 273 g/mol. The molecule has 1 aromatic carbocycles. The lowest BCUT2D eigenvalue weighted by atomic mass is 10.00. The fourth-order valence-electron chi connectivity index (χ4n) is 3.90. The molecule has 1 fully saturated rings. The Labute approximate surface area is 122 Å². The van der Waals surface area contributed by atoms with Gasteiger partial charge in [-0.25, -0.2) is 0 Å². The second-order valence-corrected chi connectivity index (χ2v) is 6.41. The van der Waals surface area contributed by atoms with Crippen molar-refractivity contribution in [2.75, 3.05) is 32.1 Å². The molecule has 1 unspecified atom stereocenters. The topological polar surface area (TPSA) is 32.5 Å². The smallest absolute Gasteiger partial charge is 0.0470 e. The molecule has 1 atom stereocenters. The molecular weight excluding hydrogens is 246 g/mol. The SMILES string of the molecule is CN1CCc2cc(C(CN)N(C)C3CCCC3)ccc21. The fourth-order valence-corrected chi connectivity index (χ4v) is 3.90. The summed E-state index contributed by atoms with van der Waals surface area (Å²) in [7, 11) is 4.43. The van der Waals surface area contributed by atoms with E-state index in [1.54, 1.807) is 0 Å². The van der Waals surface area contributed by atoms with Crippen LogP contribution in [0.4, 0.5) is 5.69 Å². The van der Waals surface area contributed by atoms with E-state index in [0.717, 1.165) is 12.6 Å². The number of anilines is 1. The van der Waals surface area contributed by atoms with Crippen LogP contribution in [0, 0.1) is 0 Å². The zero-order valence-corrected chi connectivity index (χ0v) is 12.8. The summed E-state index contributed by atoms with van der Waals surface area (Å²) in [5, 5.41) is 0. The normalized spacial score (nSPS) is 20.7. The summed E-state index contributed by atoms with van der Waals surface area (Å²) < 4.78 is 0. The first kappa shape index (κ1) is 13.9. The fraction of sp³-hybridized carbons (Fsp3) is 0.647. The Morgan fingerprint density at radius 1 is 1.35 bits per heavy atom. The molecule has 2 aliphatic rings. The standard InChI is InChI=1S/C17H27N3/c1-19-10-9-14-11-13(7-8-16(14)19)17(12-18)20(2)15-5-3-4-6-15/h7-8,11,15,17H,3-6,9-10,12,18H2,1-2H3. The second-order valence-electron chi connectivity index (χ2n) is 6.41. The third kappa shape index (κ3) is 2.45. The summed E-state index contributed by atoms with van der Waals surface area (Å²) in [4.78, 5) is 4.87. The Morgan fingerprint density at radius 2 is 2.10 bits per heavy atom. The molecule has 0 radical (unpaired) electrons. The summed E-state index contributed by atoms with van der Waals surface area (Å²) >= 11 is 0. The molecule has 0 bridgehead atoms. The van der Waals surface area contributed by atoms with Crippen molar-refractivity contribution in [3.63, 3.8) is 0 Å². The van der Waals surface area contributed by atoms with Crippen molar-refractivity contribution in [3.05, 3.63) is 29.3 Å². The van der Waals surface area contributed by atoms with Crippen molar-refractivity contribution in [3.8, 4) is 0 Å². The minimum atomic E-state index is 0.370. The molecule has 20 heavy (non-hydrogen) atoms. The van der Waals surface area contributed by atoms with Gasteiger partial charge in [-0.15, -0.1) is 0 Å². The van der Waals surface area contributed by atoms with E-state index >= 15 is 0 Å². The molecule has 1 aromatic rings. The maximum absolute atomic E-state index is 6.09. The van der Waals surface area contributed by atoms with Gasteiger partial charge < -0.3 is 10.6 Å². The van der Waals surface area contributed by atoms with E-state index in [2.05, 4.69) is 42.1 Å². The highest BCUT2D eigenvalue weighted by Gasteiger charge is 2.27. The van der Waals surface area contributed by atoms with Gasteiger partial charge in [-0.2, -0.15) is 0 Å². The molecule has 3 rings (SSSR count). The lowest BCUT2D eigenvalue weighted by Crippen LogP contribution is -2.37. The van der Waals surface area contributed by atoms with Crippen molar-refractivity contribution < 1.29 is 0 Å². The summed E-state index contributed by atoms with van der Waals surface area (Å²) in [5.41, 5.74) is 10.4. The Morgan fingerprint density at radius 3 is 2.80 bits per heavy atom. The van der Waals surface area contributed by atoms with Crippen LogP contribution in [0.25, 0.3) is 0 Å². The van der Waals surface area contributed by atoms with Gasteiger partial charge in [0.05, 0.1) is 0 Å². The Balaban J connectivity index is 1.82. The van der Waals surface area contributed by atoms with E-state index in [9.17, 15) is 0 Å². The number of rotatable bonds is 4. The van der Waals surface area contributed by atoms with Crippen LogP contribution < -0.4 is 10.6 Å². The lowest BCUT2D eigenvalue weighted by Gasteiger charge is -2.33. The van der Waals surface area contributed by atoms with Gasteiger partial charge in [0.25, 0.3) is 0 Å². The lowest BCUT2D eigenvalue weighted by molar-refractivity contribution is 0.179. The van der Waals surface area contributed by atoms with Gasteiger partial charge in [0.2, 0.25) is 0 Å².